The molecule has 3 aromatic rings. The number of hydrogen-bond acceptors (Lipinski definition) is 5. The molecule has 0 spiro atoms. The topological polar surface area (TPSA) is 74.6 Å². The van der Waals surface area contributed by atoms with Crippen LogP contribution in [0.1, 0.15) is 29.2 Å². The first-order valence-electron chi connectivity index (χ1n) is 10.9. The van der Waals surface area contributed by atoms with E-state index in [0.29, 0.717) is 5.92 Å². The van der Waals surface area contributed by atoms with E-state index in [2.05, 4.69) is 44.9 Å². The maximum absolute atomic E-state index is 12.8. The van der Waals surface area contributed by atoms with E-state index in [0.717, 1.165) is 56.9 Å². The molecule has 0 unspecified atom stereocenters. The minimum Gasteiger partial charge on any atom is -0.354 e. The monoisotopic (exact) mass is 402 g/mol. The molecule has 7 nitrogen and oxygen atoms in total. The van der Waals surface area contributed by atoms with E-state index in [1.54, 1.807) is 0 Å². The summed E-state index contributed by atoms with van der Waals surface area (Å²) in [6, 6.07) is 12.7. The van der Waals surface area contributed by atoms with Gasteiger partial charge in [-0.2, -0.15) is 9.61 Å². The Hall–Kier alpha value is -2.93. The molecule has 1 amide bonds. The normalized spacial score (nSPS) is 23.5. The molecule has 154 valence electrons. The second kappa shape index (κ2) is 7.09. The first kappa shape index (κ1) is 17.9. The van der Waals surface area contributed by atoms with Crippen LogP contribution in [0, 0.1) is 5.92 Å². The zero-order valence-electron chi connectivity index (χ0n) is 16.9. The van der Waals surface area contributed by atoms with Crippen molar-refractivity contribution in [3.63, 3.8) is 0 Å². The molecular weight excluding hydrogens is 376 g/mol. The number of rotatable bonds is 4. The Morgan fingerprint density at radius 2 is 1.93 bits per heavy atom. The SMILES string of the molecule is O=C(N[C@H]1C[C@@H]1c1ccccc1)C1CN(c2c3c(nc4ccnn24)CCNCC3)C1. The minimum absolute atomic E-state index is 0.0420. The maximum atomic E-state index is 12.8. The Balaban J connectivity index is 1.16. The van der Waals surface area contributed by atoms with Crippen molar-refractivity contribution in [2.75, 3.05) is 31.1 Å². The van der Waals surface area contributed by atoms with Gasteiger partial charge in [-0.15, -0.1) is 0 Å². The number of amides is 1. The van der Waals surface area contributed by atoms with Crippen LogP contribution in [0.2, 0.25) is 0 Å². The Morgan fingerprint density at radius 3 is 2.80 bits per heavy atom. The fraction of sp³-hybridized carbons (Fsp3) is 0.435. The summed E-state index contributed by atoms with van der Waals surface area (Å²) in [6.07, 6.45) is 4.74. The Labute approximate surface area is 175 Å². The van der Waals surface area contributed by atoms with E-state index in [9.17, 15) is 4.79 Å². The predicted octanol–water partition coefficient (Wildman–Crippen LogP) is 1.53. The van der Waals surface area contributed by atoms with Crippen molar-refractivity contribution in [1.82, 2.24) is 25.2 Å². The highest BCUT2D eigenvalue weighted by Crippen LogP contribution is 2.41. The van der Waals surface area contributed by atoms with Gasteiger partial charge >= 0.3 is 0 Å². The summed E-state index contributed by atoms with van der Waals surface area (Å²) < 4.78 is 1.95. The zero-order chi connectivity index (χ0) is 20.1. The Morgan fingerprint density at radius 1 is 1.10 bits per heavy atom. The highest BCUT2D eigenvalue weighted by Gasteiger charge is 2.43. The molecule has 1 aromatic carbocycles. The molecule has 3 aliphatic rings. The molecule has 2 fully saturated rings. The van der Waals surface area contributed by atoms with E-state index in [4.69, 9.17) is 4.98 Å². The third-order valence-corrected chi connectivity index (χ3v) is 6.68. The van der Waals surface area contributed by atoms with Gasteiger partial charge in [0.05, 0.1) is 17.8 Å². The Bertz CT molecular complexity index is 1090. The summed E-state index contributed by atoms with van der Waals surface area (Å²) in [6.45, 7) is 3.40. The van der Waals surface area contributed by atoms with Crippen LogP contribution >= 0.6 is 0 Å². The molecule has 4 heterocycles. The average Bonchev–Trinajstić information content (AvgIpc) is 3.40. The molecule has 1 saturated heterocycles. The molecule has 2 N–H and O–H groups in total. The lowest BCUT2D eigenvalue weighted by Gasteiger charge is -2.41. The number of carbonyl (C=O) groups excluding carboxylic acids is 1. The summed E-state index contributed by atoms with van der Waals surface area (Å²) in [4.78, 5) is 19.9. The molecule has 1 saturated carbocycles. The number of aromatic nitrogens is 3. The molecule has 2 atom stereocenters. The third-order valence-electron chi connectivity index (χ3n) is 6.68. The molecule has 1 aliphatic carbocycles. The fourth-order valence-electron chi connectivity index (χ4n) is 4.88. The molecule has 30 heavy (non-hydrogen) atoms. The van der Waals surface area contributed by atoms with Gasteiger partial charge in [0.25, 0.3) is 0 Å². The summed E-state index contributed by atoms with van der Waals surface area (Å²) in [7, 11) is 0. The number of benzene rings is 1. The van der Waals surface area contributed by atoms with Crippen LogP contribution in [0.4, 0.5) is 5.82 Å². The standard InChI is InChI=1S/C23H26N6O/c30-22(27-20-12-18(20)15-4-2-1-3-5-15)16-13-28(14-16)23-17-6-9-24-10-7-19(17)26-21-8-11-25-29(21)23/h1-5,8,11,16,18,20,24H,6-7,9-10,12-14H2,(H,27,30)/t18-,20+/m1/s1. The van der Waals surface area contributed by atoms with Crippen LogP contribution in [-0.2, 0) is 17.6 Å². The predicted molar refractivity (Wildman–Crippen MR) is 115 cm³/mol. The van der Waals surface area contributed by atoms with Crippen molar-refractivity contribution in [1.29, 1.82) is 0 Å². The van der Waals surface area contributed by atoms with Gasteiger partial charge in [-0.05, 0) is 24.9 Å². The molecule has 6 rings (SSSR count). The number of anilines is 1. The molecule has 0 radical (unpaired) electrons. The summed E-state index contributed by atoms with van der Waals surface area (Å²) in [5, 5.41) is 11.3. The minimum atomic E-state index is 0.0420. The van der Waals surface area contributed by atoms with Gasteiger partial charge in [-0.25, -0.2) is 4.98 Å². The van der Waals surface area contributed by atoms with Gasteiger partial charge in [0.15, 0.2) is 5.65 Å². The van der Waals surface area contributed by atoms with Crippen LogP contribution in [0.25, 0.3) is 5.65 Å². The van der Waals surface area contributed by atoms with Gasteiger partial charge in [0.1, 0.15) is 5.82 Å². The maximum Gasteiger partial charge on any atom is 0.226 e. The summed E-state index contributed by atoms with van der Waals surface area (Å²) in [5.41, 5.74) is 4.66. The fourth-order valence-corrected chi connectivity index (χ4v) is 4.88. The van der Waals surface area contributed by atoms with E-state index in [-0.39, 0.29) is 17.9 Å². The highest BCUT2D eigenvalue weighted by atomic mass is 16.2. The van der Waals surface area contributed by atoms with Crippen LogP contribution < -0.4 is 15.5 Å². The second-order valence-electron chi connectivity index (χ2n) is 8.68. The number of nitrogens with one attached hydrogen (secondary N) is 2. The van der Waals surface area contributed by atoms with Crippen LogP contribution in [0.3, 0.4) is 0 Å². The highest BCUT2D eigenvalue weighted by molar-refractivity contribution is 5.83. The van der Waals surface area contributed by atoms with Crippen molar-refractivity contribution in [3.05, 3.63) is 59.4 Å². The lowest BCUT2D eigenvalue weighted by molar-refractivity contribution is -0.125. The first-order chi connectivity index (χ1) is 14.8. The van der Waals surface area contributed by atoms with Crippen molar-refractivity contribution in [2.45, 2.75) is 31.2 Å². The number of nitrogens with zero attached hydrogens (tertiary/aromatic N) is 4. The van der Waals surface area contributed by atoms with E-state index >= 15 is 0 Å². The van der Waals surface area contributed by atoms with Gasteiger partial charge in [-0.3, -0.25) is 4.79 Å². The van der Waals surface area contributed by atoms with Crippen LogP contribution in [0.5, 0.6) is 0 Å². The first-order valence-corrected chi connectivity index (χ1v) is 10.9. The number of carbonyl (C=O) groups is 1. The van der Waals surface area contributed by atoms with Gasteiger partial charge in [0.2, 0.25) is 5.91 Å². The van der Waals surface area contributed by atoms with Crippen molar-refractivity contribution >= 4 is 17.4 Å². The quantitative estimate of drug-likeness (QED) is 0.692. The van der Waals surface area contributed by atoms with Gasteiger partial charge < -0.3 is 15.5 Å². The summed E-state index contributed by atoms with van der Waals surface area (Å²) in [5.74, 6) is 1.83. The zero-order valence-corrected chi connectivity index (χ0v) is 16.9. The van der Waals surface area contributed by atoms with Crippen molar-refractivity contribution in [2.24, 2.45) is 5.92 Å². The molecule has 2 aliphatic heterocycles. The molecular formula is C23H26N6O. The van der Waals surface area contributed by atoms with Crippen LogP contribution in [0.15, 0.2) is 42.6 Å². The van der Waals surface area contributed by atoms with Gasteiger partial charge in [-0.1, -0.05) is 30.3 Å². The van der Waals surface area contributed by atoms with Crippen molar-refractivity contribution < 1.29 is 4.79 Å². The lowest BCUT2D eigenvalue weighted by Crippen LogP contribution is -2.55. The van der Waals surface area contributed by atoms with Crippen LogP contribution in [-0.4, -0.2) is 52.7 Å². The average molecular weight is 403 g/mol. The van der Waals surface area contributed by atoms with E-state index in [1.807, 2.05) is 22.8 Å². The molecule has 2 aromatic heterocycles. The summed E-state index contributed by atoms with van der Waals surface area (Å²) >= 11 is 0. The molecule has 7 heteroatoms. The third kappa shape index (κ3) is 3.04. The molecule has 0 bridgehead atoms. The largest absolute Gasteiger partial charge is 0.354 e. The number of hydrogen-bond donors (Lipinski definition) is 2. The Kier molecular flexibility index (Phi) is 4.23. The smallest absolute Gasteiger partial charge is 0.226 e. The van der Waals surface area contributed by atoms with Gasteiger partial charge in [0, 0.05) is 49.6 Å². The van der Waals surface area contributed by atoms with E-state index in [1.165, 1.54) is 16.8 Å². The lowest BCUT2D eigenvalue weighted by atomic mass is 9.97. The van der Waals surface area contributed by atoms with Crippen molar-refractivity contribution in [3.8, 4) is 0 Å². The second-order valence-corrected chi connectivity index (χ2v) is 8.68. The van der Waals surface area contributed by atoms with E-state index < -0.39 is 0 Å². The number of fused-ring (bicyclic) bond motifs is 2.